The molecule has 1 N–H and O–H groups in total. The molecule has 118 valence electrons. The second-order valence-electron chi connectivity index (χ2n) is 4.78. The number of aromatic nitrogens is 2. The van der Waals surface area contributed by atoms with Crippen molar-refractivity contribution in [1.29, 1.82) is 0 Å². The van der Waals surface area contributed by atoms with Gasteiger partial charge in [0.05, 0.1) is 15.7 Å². The number of amides is 1. The largest absolute Gasteiger partial charge is 0.444 e. The first-order chi connectivity index (χ1) is 10.9. The van der Waals surface area contributed by atoms with E-state index in [2.05, 4.69) is 15.3 Å². The summed E-state index contributed by atoms with van der Waals surface area (Å²) in [5.41, 5.74) is 1.69. The van der Waals surface area contributed by atoms with E-state index in [4.69, 9.17) is 27.6 Å². The topological polar surface area (TPSA) is 68.0 Å². The number of carbonyl (C=O) groups excluding carboxylic acids is 1. The highest BCUT2D eigenvalue weighted by Gasteiger charge is 2.16. The molecule has 0 spiro atoms. The SMILES string of the molecule is Cc1nc(NC(=O)c2coc(-c3ccc(Cl)c(Cl)c3)n2)sc1C. The zero-order valence-corrected chi connectivity index (χ0v) is 14.5. The first-order valence-corrected chi connectivity index (χ1v) is 8.17. The molecule has 2 heterocycles. The number of nitrogens with zero attached hydrogens (tertiary/aromatic N) is 2. The molecule has 0 saturated heterocycles. The predicted octanol–water partition coefficient (Wildman–Crippen LogP) is 4.97. The lowest BCUT2D eigenvalue weighted by molar-refractivity contribution is 0.102. The average molecular weight is 368 g/mol. The Labute approximate surface area is 146 Å². The number of carbonyl (C=O) groups is 1. The average Bonchev–Trinajstić information content (AvgIpc) is 3.10. The number of halogens is 2. The van der Waals surface area contributed by atoms with Gasteiger partial charge in [-0.1, -0.05) is 23.2 Å². The van der Waals surface area contributed by atoms with Crippen molar-refractivity contribution in [3.8, 4) is 11.5 Å². The summed E-state index contributed by atoms with van der Waals surface area (Å²) in [5.74, 6) is -0.0889. The molecule has 8 heteroatoms. The summed E-state index contributed by atoms with van der Waals surface area (Å²) in [6.07, 6.45) is 1.29. The molecule has 0 radical (unpaired) electrons. The monoisotopic (exact) mass is 367 g/mol. The first-order valence-electron chi connectivity index (χ1n) is 6.60. The van der Waals surface area contributed by atoms with Gasteiger partial charge in [-0.25, -0.2) is 9.97 Å². The normalized spacial score (nSPS) is 10.8. The number of anilines is 1. The molecule has 1 aromatic carbocycles. The summed E-state index contributed by atoms with van der Waals surface area (Å²) in [6.45, 7) is 3.83. The minimum atomic E-state index is -0.381. The number of thiazole rings is 1. The van der Waals surface area contributed by atoms with Crippen molar-refractivity contribution in [3.63, 3.8) is 0 Å². The van der Waals surface area contributed by atoms with Crippen LogP contribution in [0.15, 0.2) is 28.9 Å². The number of rotatable bonds is 3. The van der Waals surface area contributed by atoms with Crippen LogP contribution in [0.4, 0.5) is 5.13 Å². The Kier molecular flexibility index (Phi) is 4.39. The fourth-order valence-corrected chi connectivity index (χ4v) is 2.93. The molecule has 0 saturated carbocycles. The molecular weight excluding hydrogens is 357 g/mol. The lowest BCUT2D eigenvalue weighted by Crippen LogP contribution is -2.12. The van der Waals surface area contributed by atoms with Crippen LogP contribution in [0.25, 0.3) is 11.5 Å². The highest BCUT2D eigenvalue weighted by molar-refractivity contribution is 7.15. The lowest BCUT2D eigenvalue weighted by Gasteiger charge is -1.98. The van der Waals surface area contributed by atoms with Gasteiger partial charge in [0, 0.05) is 10.4 Å². The fraction of sp³-hybridized carbons (Fsp3) is 0.133. The van der Waals surface area contributed by atoms with Gasteiger partial charge in [0.1, 0.15) is 6.26 Å². The van der Waals surface area contributed by atoms with E-state index in [1.54, 1.807) is 18.2 Å². The van der Waals surface area contributed by atoms with Crippen molar-refractivity contribution in [2.24, 2.45) is 0 Å². The Balaban J connectivity index is 1.80. The van der Waals surface area contributed by atoms with Gasteiger partial charge < -0.3 is 4.42 Å². The smallest absolute Gasteiger partial charge is 0.279 e. The van der Waals surface area contributed by atoms with E-state index in [1.807, 2.05) is 13.8 Å². The van der Waals surface area contributed by atoms with E-state index < -0.39 is 0 Å². The van der Waals surface area contributed by atoms with Gasteiger partial charge in [-0.05, 0) is 32.0 Å². The summed E-state index contributed by atoms with van der Waals surface area (Å²) < 4.78 is 5.34. The van der Waals surface area contributed by atoms with E-state index in [-0.39, 0.29) is 11.6 Å². The maximum absolute atomic E-state index is 12.2. The van der Waals surface area contributed by atoms with Gasteiger partial charge in [0.2, 0.25) is 5.89 Å². The maximum Gasteiger partial charge on any atom is 0.279 e. The first kappa shape index (κ1) is 16.0. The van der Waals surface area contributed by atoms with Crippen LogP contribution in [0.2, 0.25) is 10.0 Å². The highest BCUT2D eigenvalue weighted by atomic mass is 35.5. The van der Waals surface area contributed by atoms with Gasteiger partial charge in [0.15, 0.2) is 10.8 Å². The minimum Gasteiger partial charge on any atom is -0.444 e. The van der Waals surface area contributed by atoms with Gasteiger partial charge in [-0.15, -0.1) is 11.3 Å². The quantitative estimate of drug-likeness (QED) is 0.708. The van der Waals surface area contributed by atoms with Crippen molar-refractivity contribution < 1.29 is 9.21 Å². The summed E-state index contributed by atoms with van der Waals surface area (Å²) >= 11 is 13.3. The van der Waals surface area contributed by atoms with E-state index in [0.717, 1.165) is 10.6 Å². The van der Waals surface area contributed by atoms with Crippen molar-refractivity contribution in [2.75, 3.05) is 5.32 Å². The van der Waals surface area contributed by atoms with E-state index in [0.29, 0.717) is 26.6 Å². The number of hydrogen-bond acceptors (Lipinski definition) is 5. The van der Waals surface area contributed by atoms with Crippen LogP contribution in [0.1, 0.15) is 21.1 Å². The summed E-state index contributed by atoms with van der Waals surface area (Å²) in [4.78, 5) is 21.7. The molecular formula is C15H11Cl2N3O2S. The second-order valence-corrected chi connectivity index (χ2v) is 6.80. The Morgan fingerprint density at radius 1 is 1.22 bits per heavy atom. The van der Waals surface area contributed by atoms with Gasteiger partial charge in [0.25, 0.3) is 5.91 Å². The third-order valence-electron chi connectivity index (χ3n) is 3.15. The van der Waals surface area contributed by atoms with Crippen LogP contribution in [0, 0.1) is 13.8 Å². The molecule has 0 bridgehead atoms. The Morgan fingerprint density at radius 3 is 2.65 bits per heavy atom. The molecule has 0 aliphatic rings. The zero-order valence-electron chi connectivity index (χ0n) is 12.2. The van der Waals surface area contributed by atoms with Crippen LogP contribution in [0.5, 0.6) is 0 Å². The molecule has 0 atom stereocenters. The summed E-state index contributed by atoms with van der Waals surface area (Å²) in [5, 5.41) is 4.07. The van der Waals surface area contributed by atoms with Crippen molar-refractivity contribution in [1.82, 2.24) is 9.97 Å². The summed E-state index contributed by atoms with van der Waals surface area (Å²) in [6, 6.07) is 4.99. The van der Waals surface area contributed by atoms with Crippen LogP contribution in [-0.2, 0) is 0 Å². The number of benzene rings is 1. The molecule has 3 rings (SSSR count). The minimum absolute atomic E-state index is 0.163. The lowest BCUT2D eigenvalue weighted by atomic mass is 10.2. The molecule has 0 aliphatic carbocycles. The third-order valence-corrected chi connectivity index (χ3v) is 4.88. The van der Waals surface area contributed by atoms with E-state index in [1.165, 1.54) is 17.6 Å². The standard InChI is InChI=1S/C15H11Cl2N3O2S/c1-7-8(2)23-15(18-7)20-13(21)12-6-22-14(19-12)9-3-4-10(16)11(17)5-9/h3-6H,1-2H3,(H,18,20,21). The molecule has 1 amide bonds. The third kappa shape index (κ3) is 3.39. The van der Waals surface area contributed by atoms with Crippen molar-refractivity contribution in [3.05, 3.63) is 50.8 Å². The second kappa shape index (κ2) is 6.31. The van der Waals surface area contributed by atoms with Crippen LogP contribution >= 0.6 is 34.5 Å². The predicted molar refractivity (Wildman–Crippen MR) is 91.5 cm³/mol. The van der Waals surface area contributed by atoms with E-state index in [9.17, 15) is 4.79 Å². The Morgan fingerprint density at radius 2 is 2.00 bits per heavy atom. The molecule has 0 fully saturated rings. The van der Waals surface area contributed by atoms with Gasteiger partial charge in [-0.3, -0.25) is 10.1 Å². The Bertz CT molecular complexity index is 869. The number of aryl methyl sites for hydroxylation is 2. The molecule has 3 aromatic rings. The van der Waals surface area contributed by atoms with Crippen LogP contribution < -0.4 is 5.32 Å². The van der Waals surface area contributed by atoms with Crippen LogP contribution in [-0.4, -0.2) is 15.9 Å². The van der Waals surface area contributed by atoms with E-state index >= 15 is 0 Å². The van der Waals surface area contributed by atoms with Gasteiger partial charge in [-0.2, -0.15) is 0 Å². The molecule has 0 unspecified atom stereocenters. The van der Waals surface area contributed by atoms with Gasteiger partial charge >= 0.3 is 0 Å². The van der Waals surface area contributed by atoms with Crippen LogP contribution in [0.3, 0.4) is 0 Å². The molecule has 23 heavy (non-hydrogen) atoms. The van der Waals surface area contributed by atoms with Crippen molar-refractivity contribution >= 4 is 45.6 Å². The summed E-state index contributed by atoms with van der Waals surface area (Å²) in [7, 11) is 0. The highest BCUT2D eigenvalue weighted by Crippen LogP contribution is 2.28. The number of hydrogen-bond donors (Lipinski definition) is 1. The fourth-order valence-electron chi connectivity index (χ4n) is 1.83. The molecule has 5 nitrogen and oxygen atoms in total. The van der Waals surface area contributed by atoms with Crippen molar-refractivity contribution in [2.45, 2.75) is 13.8 Å². The number of oxazole rings is 1. The maximum atomic E-state index is 12.2. The number of nitrogens with one attached hydrogen (secondary N) is 1. The zero-order chi connectivity index (χ0) is 16.6. The molecule has 0 aliphatic heterocycles. The molecule has 2 aromatic heterocycles. The Hall–Kier alpha value is -1.89.